The highest BCUT2D eigenvalue weighted by molar-refractivity contribution is 6.33. The van der Waals surface area contributed by atoms with E-state index in [1.54, 1.807) is 12.1 Å². The van der Waals surface area contributed by atoms with E-state index in [4.69, 9.17) is 23.2 Å². The summed E-state index contributed by atoms with van der Waals surface area (Å²) in [5.74, 6) is 0.146. The lowest BCUT2D eigenvalue weighted by molar-refractivity contribution is 0.410. The molecule has 0 amide bonds. The van der Waals surface area contributed by atoms with Crippen LogP contribution in [0.3, 0.4) is 0 Å². The highest BCUT2D eigenvalue weighted by atomic mass is 35.5. The van der Waals surface area contributed by atoms with Crippen LogP contribution in [0.25, 0.3) is 0 Å². The van der Waals surface area contributed by atoms with E-state index < -0.39 is 0 Å². The predicted molar refractivity (Wildman–Crippen MR) is 87.3 cm³/mol. The van der Waals surface area contributed by atoms with Crippen LogP contribution in [-0.2, 0) is 6.54 Å². The van der Waals surface area contributed by atoms with Crippen molar-refractivity contribution in [1.29, 1.82) is 0 Å². The Balaban J connectivity index is 2.13. The maximum Gasteiger partial charge on any atom is 0.123 e. The van der Waals surface area contributed by atoms with Crippen LogP contribution in [0.2, 0.25) is 10.0 Å². The van der Waals surface area contributed by atoms with E-state index >= 15 is 0 Å². The number of hydrogen-bond acceptors (Lipinski definition) is 1. The summed E-state index contributed by atoms with van der Waals surface area (Å²) >= 11 is 12.2. The number of rotatable bonds is 5. The molecule has 0 aliphatic rings. The molecule has 1 atom stereocenters. The Bertz CT molecular complexity index is 596. The number of benzene rings is 2. The smallest absolute Gasteiger partial charge is 0.123 e. The summed E-state index contributed by atoms with van der Waals surface area (Å²) in [7, 11) is 0. The Kier molecular flexibility index (Phi) is 5.63. The molecule has 0 heterocycles. The zero-order chi connectivity index (χ0) is 15.4. The van der Waals surface area contributed by atoms with Crippen molar-refractivity contribution in [2.24, 2.45) is 5.92 Å². The Labute approximate surface area is 135 Å². The van der Waals surface area contributed by atoms with Crippen molar-refractivity contribution in [1.82, 2.24) is 5.32 Å². The molecule has 0 radical (unpaired) electrons. The summed E-state index contributed by atoms with van der Waals surface area (Å²) in [5, 5.41) is 4.83. The van der Waals surface area contributed by atoms with E-state index in [0.717, 1.165) is 11.1 Å². The van der Waals surface area contributed by atoms with Gasteiger partial charge in [0.25, 0.3) is 0 Å². The molecule has 0 aliphatic carbocycles. The fraction of sp³-hybridized carbons (Fsp3) is 0.294. The normalized spacial score (nSPS) is 12.7. The van der Waals surface area contributed by atoms with Gasteiger partial charge < -0.3 is 5.32 Å². The summed E-state index contributed by atoms with van der Waals surface area (Å²) in [4.78, 5) is 0. The molecule has 0 spiro atoms. The molecule has 4 heteroatoms. The van der Waals surface area contributed by atoms with Gasteiger partial charge in [0.1, 0.15) is 5.82 Å². The molecule has 0 aromatic heterocycles. The molecule has 2 aromatic carbocycles. The fourth-order valence-electron chi connectivity index (χ4n) is 2.31. The van der Waals surface area contributed by atoms with Crippen molar-refractivity contribution < 1.29 is 4.39 Å². The van der Waals surface area contributed by atoms with Crippen molar-refractivity contribution >= 4 is 23.2 Å². The van der Waals surface area contributed by atoms with Crippen molar-refractivity contribution in [2.75, 3.05) is 0 Å². The molecule has 2 rings (SSSR count). The number of halogens is 3. The molecule has 1 N–H and O–H groups in total. The zero-order valence-electron chi connectivity index (χ0n) is 12.0. The molecule has 0 fully saturated rings. The van der Waals surface area contributed by atoms with Gasteiger partial charge in [-0.2, -0.15) is 0 Å². The predicted octanol–water partition coefficient (Wildman–Crippen LogP) is 5.62. The molecule has 21 heavy (non-hydrogen) atoms. The van der Waals surface area contributed by atoms with Crippen LogP contribution in [-0.4, -0.2) is 0 Å². The minimum Gasteiger partial charge on any atom is -0.306 e. The Morgan fingerprint density at radius 2 is 1.71 bits per heavy atom. The van der Waals surface area contributed by atoms with E-state index in [2.05, 4.69) is 19.2 Å². The quantitative estimate of drug-likeness (QED) is 0.752. The van der Waals surface area contributed by atoms with Gasteiger partial charge in [-0.15, -0.1) is 0 Å². The van der Waals surface area contributed by atoms with Gasteiger partial charge in [0.2, 0.25) is 0 Å². The fourth-order valence-corrected chi connectivity index (χ4v) is 2.69. The summed E-state index contributed by atoms with van der Waals surface area (Å²) in [6, 6.07) is 12.1. The second-order valence-corrected chi connectivity index (χ2v) is 6.23. The van der Waals surface area contributed by atoms with Gasteiger partial charge in [0.15, 0.2) is 0 Å². The van der Waals surface area contributed by atoms with Crippen molar-refractivity contribution in [3.8, 4) is 0 Å². The van der Waals surface area contributed by atoms with Crippen molar-refractivity contribution in [2.45, 2.75) is 26.4 Å². The average Bonchev–Trinajstić information content (AvgIpc) is 2.44. The topological polar surface area (TPSA) is 12.0 Å². The minimum absolute atomic E-state index is 0.126. The van der Waals surface area contributed by atoms with Gasteiger partial charge >= 0.3 is 0 Å². The molecule has 2 aromatic rings. The van der Waals surface area contributed by atoms with E-state index in [9.17, 15) is 4.39 Å². The molecular formula is C17H18Cl2FN. The molecular weight excluding hydrogens is 308 g/mol. The third-order valence-corrected chi connectivity index (χ3v) is 4.02. The van der Waals surface area contributed by atoms with Crippen molar-refractivity contribution in [3.05, 3.63) is 69.5 Å². The third-order valence-electron chi connectivity index (χ3n) is 3.42. The van der Waals surface area contributed by atoms with Crippen molar-refractivity contribution in [3.63, 3.8) is 0 Å². The Hall–Kier alpha value is -1.09. The third kappa shape index (κ3) is 4.44. The lowest BCUT2D eigenvalue weighted by Gasteiger charge is -2.23. The average molecular weight is 326 g/mol. The summed E-state index contributed by atoms with van der Waals surface area (Å²) in [5.41, 5.74) is 2.02. The first-order valence-electron chi connectivity index (χ1n) is 6.90. The maximum atomic E-state index is 13.0. The van der Waals surface area contributed by atoms with Crippen LogP contribution in [0, 0.1) is 11.7 Å². The van der Waals surface area contributed by atoms with Gasteiger partial charge in [-0.25, -0.2) is 4.39 Å². The monoisotopic (exact) mass is 325 g/mol. The van der Waals surface area contributed by atoms with Gasteiger partial charge in [0, 0.05) is 22.6 Å². The highest BCUT2D eigenvalue weighted by Crippen LogP contribution is 2.25. The maximum absolute atomic E-state index is 13.0. The van der Waals surface area contributed by atoms with Gasteiger partial charge in [-0.1, -0.05) is 49.2 Å². The SMILES string of the molecule is CC(C)C(NCc1cc(Cl)ccc1Cl)c1ccc(F)cc1. The Morgan fingerprint density at radius 1 is 1.05 bits per heavy atom. The second-order valence-electron chi connectivity index (χ2n) is 5.39. The molecule has 0 aliphatic heterocycles. The van der Waals surface area contributed by atoms with Gasteiger partial charge in [0.05, 0.1) is 0 Å². The van der Waals surface area contributed by atoms with E-state index in [1.807, 2.05) is 18.2 Å². The van der Waals surface area contributed by atoms with Crippen LogP contribution in [0.4, 0.5) is 4.39 Å². The standard InChI is InChI=1S/C17H18Cl2FN/c1-11(2)17(12-3-6-15(20)7-4-12)21-10-13-9-14(18)5-8-16(13)19/h3-9,11,17,21H,10H2,1-2H3. The summed E-state index contributed by atoms with van der Waals surface area (Å²) in [6.45, 7) is 4.86. The molecule has 0 saturated carbocycles. The summed E-state index contributed by atoms with van der Waals surface area (Å²) < 4.78 is 13.0. The second kappa shape index (κ2) is 7.26. The molecule has 1 unspecified atom stereocenters. The first-order chi connectivity index (χ1) is 9.97. The van der Waals surface area contributed by atoms with Crippen LogP contribution < -0.4 is 5.32 Å². The van der Waals surface area contributed by atoms with E-state index in [-0.39, 0.29) is 11.9 Å². The first kappa shape index (κ1) is 16.3. The largest absolute Gasteiger partial charge is 0.306 e. The zero-order valence-corrected chi connectivity index (χ0v) is 13.5. The van der Waals surface area contributed by atoms with E-state index in [0.29, 0.717) is 22.5 Å². The highest BCUT2D eigenvalue weighted by Gasteiger charge is 2.16. The Morgan fingerprint density at radius 3 is 2.33 bits per heavy atom. The number of nitrogens with one attached hydrogen (secondary N) is 1. The minimum atomic E-state index is -0.223. The molecule has 112 valence electrons. The van der Waals surface area contributed by atoms with Crippen LogP contribution in [0.5, 0.6) is 0 Å². The van der Waals surface area contributed by atoms with Crippen LogP contribution in [0.1, 0.15) is 31.0 Å². The summed E-state index contributed by atoms with van der Waals surface area (Å²) in [6.07, 6.45) is 0. The van der Waals surface area contributed by atoms with E-state index in [1.165, 1.54) is 12.1 Å². The van der Waals surface area contributed by atoms with Gasteiger partial charge in [-0.05, 0) is 47.4 Å². The molecule has 0 saturated heterocycles. The number of hydrogen-bond donors (Lipinski definition) is 1. The molecule has 1 nitrogen and oxygen atoms in total. The molecule has 0 bridgehead atoms. The van der Waals surface area contributed by atoms with Gasteiger partial charge in [-0.3, -0.25) is 0 Å². The lowest BCUT2D eigenvalue weighted by Crippen LogP contribution is -2.25. The van der Waals surface area contributed by atoms with Crippen LogP contribution in [0.15, 0.2) is 42.5 Å². The van der Waals surface area contributed by atoms with Crippen LogP contribution >= 0.6 is 23.2 Å². The lowest BCUT2D eigenvalue weighted by atomic mass is 9.95. The first-order valence-corrected chi connectivity index (χ1v) is 7.65.